The van der Waals surface area contributed by atoms with E-state index in [0.717, 1.165) is 17.5 Å². The van der Waals surface area contributed by atoms with Gasteiger partial charge >= 0.3 is 0 Å². The van der Waals surface area contributed by atoms with Gasteiger partial charge in [-0.2, -0.15) is 0 Å². The van der Waals surface area contributed by atoms with Crippen LogP contribution < -0.4 is 14.8 Å². The molecule has 162 valence electrons. The number of carbonyl (C=O) groups is 1. The molecule has 0 fully saturated rings. The Kier molecular flexibility index (Phi) is 6.97. The predicted octanol–water partition coefficient (Wildman–Crippen LogP) is 4.68. The van der Waals surface area contributed by atoms with E-state index < -0.39 is 10.0 Å². The Balaban J connectivity index is 1.59. The number of rotatable bonds is 8. The Bertz CT molecular complexity index is 1160. The first kappa shape index (κ1) is 22.4. The molecule has 0 spiro atoms. The minimum atomic E-state index is -3.73. The lowest BCUT2D eigenvalue weighted by molar-refractivity contribution is -0.118. The van der Waals surface area contributed by atoms with Gasteiger partial charge in [-0.1, -0.05) is 36.8 Å². The van der Waals surface area contributed by atoms with Gasteiger partial charge < -0.3 is 10.1 Å². The molecule has 6 nitrogen and oxygen atoms in total. The molecule has 7 heteroatoms. The topological polar surface area (TPSA) is 84.5 Å². The van der Waals surface area contributed by atoms with Crippen molar-refractivity contribution in [2.45, 2.75) is 32.1 Å². The summed E-state index contributed by atoms with van der Waals surface area (Å²) in [6.07, 6.45) is 0.937. The lowest BCUT2D eigenvalue weighted by Crippen LogP contribution is -2.20. The highest BCUT2D eigenvalue weighted by Gasteiger charge is 2.15. The van der Waals surface area contributed by atoms with Gasteiger partial charge in [0.05, 0.1) is 10.6 Å². The summed E-state index contributed by atoms with van der Waals surface area (Å²) in [4.78, 5) is 12.2. The monoisotopic (exact) mass is 438 g/mol. The SMILES string of the molecule is CCc1ccc(OCC(=O)Nc2ccc(S(=O)(=O)Nc3ccc(C)cc3C)cc2)cc1. The maximum atomic E-state index is 12.7. The van der Waals surface area contributed by atoms with E-state index in [2.05, 4.69) is 17.0 Å². The number of carbonyl (C=O) groups excluding carboxylic acids is 1. The van der Waals surface area contributed by atoms with Crippen LogP contribution >= 0.6 is 0 Å². The van der Waals surface area contributed by atoms with Crippen molar-refractivity contribution in [3.63, 3.8) is 0 Å². The Labute approximate surface area is 183 Å². The molecule has 0 heterocycles. The van der Waals surface area contributed by atoms with E-state index in [1.54, 1.807) is 18.2 Å². The van der Waals surface area contributed by atoms with Crippen LogP contribution in [0.25, 0.3) is 0 Å². The largest absolute Gasteiger partial charge is 0.484 e. The smallest absolute Gasteiger partial charge is 0.262 e. The number of anilines is 2. The van der Waals surface area contributed by atoms with Crippen LogP contribution in [0.4, 0.5) is 11.4 Å². The van der Waals surface area contributed by atoms with Crippen LogP contribution in [-0.4, -0.2) is 20.9 Å². The molecular formula is C24H26N2O4S. The Morgan fingerprint density at radius 2 is 1.61 bits per heavy atom. The van der Waals surface area contributed by atoms with E-state index in [4.69, 9.17) is 4.74 Å². The van der Waals surface area contributed by atoms with Gasteiger partial charge in [-0.15, -0.1) is 0 Å². The molecule has 0 atom stereocenters. The number of ether oxygens (including phenoxy) is 1. The molecule has 1 amide bonds. The average Bonchev–Trinajstić information content (AvgIpc) is 2.75. The lowest BCUT2D eigenvalue weighted by atomic mass is 10.1. The van der Waals surface area contributed by atoms with Crippen LogP contribution in [0, 0.1) is 13.8 Å². The highest BCUT2D eigenvalue weighted by atomic mass is 32.2. The van der Waals surface area contributed by atoms with E-state index in [1.807, 2.05) is 50.2 Å². The molecule has 3 rings (SSSR count). The van der Waals surface area contributed by atoms with Crippen LogP contribution in [0.1, 0.15) is 23.6 Å². The van der Waals surface area contributed by atoms with Crippen molar-refractivity contribution in [2.24, 2.45) is 0 Å². The zero-order valence-corrected chi connectivity index (χ0v) is 18.6. The minimum absolute atomic E-state index is 0.109. The molecule has 0 bridgehead atoms. The summed E-state index contributed by atoms with van der Waals surface area (Å²) in [5, 5.41) is 2.70. The zero-order valence-electron chi connectivity index (χ0n) is 17.8. The molecule has 0 saturated carbocycles. The van der Waals surface area contributed by atoms with Crippen molar-refractivity contribution < 1.29 is 17.9 Å². The molecule has 0 unspecified atom stereocenters. The maximum Gasteiger partial charge on any atom is 0.262 e. The summed E-state index contributed by atoms with van der Waals surface area (Å²) < 4.78 is 33.4. The third-order valence-electron chi connectivity index (χ3n) is 4.78. The van der Waals surface area contributed by atoms with Gasteiger partial charge in [-0.25, -0.2) is 8.42 Å². The Morgan fingerprint density at radius 1 is 0.935 bits per heavy atom. The molecule has 0 aliphatic rings. The Morgan fingerprint density at radius 3 is 2.23 bits per heavy atom. The highest BCUT2D eigenvalue weighted by Crippen LogP contribution is 2.22. The quantitative estimate of drug-likeness (QED) is 0.535. The molecule has 0 saturated heterocycles. The van der Waals surface area contributed by atoms with E-state index in [-0.39, 0.29) is 17.4 Å². The van der Waals surface area contributed by atoms with E-state index in [0.29, 0.717) is 17.1 Å². The van der Waals surface area contributed by atoms with Crippen LogP contribution in [0.15, 0.2) is 71.6 Å². The molecule has 3 aromatic rings. The summed E-state index contributed by atoms with van der Waals surface area (Å²) in [6.45, 7) is 5.73. The van der Waals surface area contributed by atoms with Gasteiger partial charge in [-0.05, 0) is 73.9 Å². The normalized spacial score (nSPS) is 11.1. The van der Waals surface area contributed by atoms with Crippen molar-refractivity contribution in [1.82, 2.24) is 0 Å². The first-order chi connectivity index (χ1) is 14.8. The van der Waals surface area contributed by atoms with Crippen molar-refractivity contribution >= 4 is 27.3 Å². The molecule has 0 aliphatic carbocycles. The maximum absolute atomic E-state index is 12.7. The molecule has 2 N–H and O–H groups in total. The number of nitrogens with one attached hydrogen (secondary N) is 2. The second-order valence-corrected chi connectivity index (χ2v) is 8.97. The van der Waals surface area contributed by atoms with E-state index >= 15 is 0 Å². The number of hydrogen-bond acceptors (Lipinski definition) is 4. The Hall–Kier alpha value is -3.32. The third-order valence-corrected chi connectivity index (χ3v) is 6.16. The van der Waals surface area contributed by atoms with Gasteiger partial charge in [0, 0.05) is 5.69 Å². The summed E-state index contributed by atoms with van der Waals surface area (Å²) in [5.41, 5.74) is 4.12. The van der Waals surface area contributed by atoms with Gasteiger partial charge in [0.2, 0.25) is 0 Å². The fraction of sp³-hybridized carbons (Fsp3) is 0.208. The van der Waals surface area contributed by atoms with Crippen molar-refractivity contribution in [2.75, 3.05) is 16.6 Å². The summed E-state index contributed by atoms with van der Waals surface area (Å²) >= 11 is 0. The zero-order chi connectivity index (χ0) is 22.4. The molecule has 0 aliphatic heterocycles. The van der Waals surface area contributed by atoms with Gasteiger partial charge in [0.1, 0.15) is 5.75 Å². The van der Waals surface area contributed by atoms with E-state index in [9.17, 15) is 13.2 Å². The molecule has 0 aromatic heterocycles. The van der Waals surface area contributed by atoms with Gasteiger partial charge in [0.15, 0.2) is 6.61 Å². The second-order valence-electron chi connectivity index (χ2n) is 7.28. The lowest BCUT2D eigenvalue weighted by Gasteiger charge is -2.12. The number of aryl methyl sites for hydroxylation is 3. The first-order valence-corrected chi connectivity index (χ1v) is 11.5. The van der Waals surface area contributed by atoms with Crippen LogP contribution in [0.2, 0.25) is 0 Å². The fourth-order valence-corrected chi connectivity index (χ4v) is 4.15. The summed E-state index contributed by atoms with van der Waals surface area (Å²) in [7, 11) is -3.73. The molecule has 0 radical (unpaired) electrons. The van der Waals surface area contributed by atoms with Crippen molar-refractivity contribution in [3.8, 4) is 5.75 Å². The summed E-state index contributed by atoms with van der Waals surface area (Å²) in [6, 6.07) is 19.1. The third kappa shape index (κ3) is 6.08. The fourth-order valence-electron chi connectivity index (χ4n) is 3.02. The summed E-state index contributed by atoms with van der Waals surface area (Å²) in [5.74, 6) is 0.287. The highest BCUT2D eigenvalue weighted by molar-refractivity contribution is 7.92. The average molecular weight is 439 g/mol. The minimum Gasteiger partial charge on any atom is -0.484 e. The van der Waals surface area contributed by atoms with Crippen molar-refractivity contribution in [1.29, 1.82) is 0 Å². The molecular weight excluding hydrogens is 412 g/mol. The van der Waals surface area contributed by atoms with Crippen LogP contribution in [-0.2, 0) is 21.2 Å². The molecule has 3 aromatic carbocycles. The van der Waals surface area contributed by atoms with E-state index in [1.165, 1.54) is 17.7 Å². The van der Waals surface area contributed by atoms with Gasteiger partial charge in [0.25, 0.3) is 15.9 Å². The second kappa shape index (κ2) is 9.66. The first-order valence-electron chi connectivity index (χ1n) is 9.98. The van der Waals surface area contributed by atoms with Crippen LogP contribution in [0.3, 0.4) is 0 Å². The number of amides is 1. The number of hydrogen-bond donors (Lipinski definition) is 2. The molecule has 31 heavy (non-hydrogen) atoms. The number of sulfonamides is 1. The van der Waals surface area contributed by atoms with Crippen LogP contribution in [0.5, 0.6) is 5.75 Å². The van der Waals surface area contributed by atoms with Gasteiger partial charge in [-0.3, -0.25) is 9.52 Å². The van der Waals surface area contributed by atoms with Crippen molar-refractivity contribution in [3.05, 3.63) is 83.4 Å². The predicted molar refractivity (Wildman–Crippen MR) is 123 cm³/mol. The standard InChI is InChI=1S/C24H26N2O4S/c1-4-19-6-10-21(11-7-19)30-16-24(27)25-20-8-12-22(13-9-20)31(28,29)26-23-14-5-17(2)15-18(23)3/h5-15,26H,4,16H2,1-3H3,(H,25,27). The number of benzene rings is 3.